The average molecular weight is 133 g/mol. The van der Waals surface area contributed by atoms with Crippen molar-refractivity contribution in [1.29, 1.82) is 0 Å². The predicted octanol–water partition coefficient (Wildman–Crippen LogP) is 2.39. The standard InChI is InChI=1S/C9H11N/c1-3-5-9-8(4-2)6-7-10-9/h3-4,6-7,10H,1-2,5H2. The van der Waals surface area contributed by atoms with E-state index in [0.717, 1.165) is 6.42 Å². The van der Waals surface area contributed by atoms with Gasteiger partial charge in [-0.1, -0.05) is 18.7 Å². The van der Waals surface area contributed by atoms with Crippen LogP contribution in [0, 0.1) is 0 Å². The molecule has 0 atom stereocenters. The maximum atomic E-state index is 3.69. The van der Waals surface area contributed by atoms with E-state index in [2.05, 4.69) is 18.1 Å². The summed E-state index contributed by atoms with van der Waals surface area (Å²) in [6, 6.07) is 2.01. The van der Waals surface area contributed by atoms with Crippen LogP contribution < -0.4 is 0 Å². The molecule has 0 aliphatic rings. The van der Waals surface area contributed by atoms with Gasteiger partial charge in [0, 0.05) is 18.3 Å². The molecule has 1 aromatic rings. The second kappa shape index (κ2) is 3.06. The van der Waals surface area contributed by atoms with E-state index in [0.29, 0.717) is 0 Å². The van der Waals surface area contributed by atoms with Crippen LogP contribution in [0.3, 0.4) is 0 Å². The van der Waals surface area contributed by atoms with Gasteiger partial charge in [-0.2, -0.15) is 0 Å². The summed E-state index contributed by atoms with van der Waals surface area (Å²) in [5.74, 6) is 0. The molecule has 0 unspecified atom stereocenters. The third-order valence-electron chi connectivity index (χ3n) is 1.44. The normalized spacial score (nSPS) is 9.20. The van der Waals surface area contributed by atoms with E-state index < -0.39 is 0 Å². The third-order valence-corrected chi connectivity index (χ3v) is 1.44. The van der Waals surface area contributed by atoms with Crippen LogP contribution in [0.25, 0.3) is 6.08 Å². The molecule has 1 aromatic heterocycles. The first kappa shape index (κ1) is 6.87. The molecule has 1 rings (SSSR count). The molecule has 0 aromatic carbocycles. The van der Waals surface area contributed by atoms with Crippen LogP contribution in [0.5, 0.6) is 0 Å². The third kappa shape index (κ3) is 1.18. The van der Waals surface area contributed by atoms with Crippen molar-refractivity contribution in [1.82, 2.24) is 4.98 Å². The quantitative estimate of drug-likeness (QED) is 0.609. The molecule has 1 N–H and O–H groups in total. The Morgan fingerprint density at radius 3 is 2.90 bits per heavy atom. The van der Waals surface area contributed by atoms with Crippen molar-refractivity contribution in [3.8, 4) is 0 Å². The molecule has 0 spiro atoms. The molecule has 0 radical (unpaired) electrons. The number of H-pyrrole nitrogens is 1. The molecular formula is C9H11N. The van der Waals surface area contributed by atoms with E-state index in [4.69, 9.17) is 0 Å². The molecular weight excluding hydrogens is 122 g/mol. The highest BCUT2D eigenvalue weighted by molar-refractivity contribution is 5.50. The Morgan fingerprint density at radius 2 is 2.30 bits per heavy atom. The molecule has 0 saturated heterocycles. The monoisotopic (exact) mass is 133 g/mol. The summed E-state index contributed by atoms with van der Waals surface area (Å²) in [7, 11) is 0. The Balaban J connectivity index is 2.89. The van der Waals surface area contributed by atoms with Gasteiger partial charge in [0.15, 0.2) is 0 Å². The molecule has 0 bridgehead atoms. The summed E-state index contributed by atoms with van der Waals surface area (Å²) < 4.78 is 0. The SMILES string of the molecule is C=CCc1[nH]ccc1C=C. The lowest BCUT2D eigenvalue weighted by Gasteiger charge is -1.92. The van der Waals surface area contributed by atoms with Crippen LogP contribution in [-0.2, 0) is 6.42 Å². The highest BCUT2D eigenvalue weighted by Gasteiger charge is 1.95. The van der Waals surface area contributed by atoms with Gasteiger partial charge in [0.2, 0.25) is 0 Å². The van der Waals surface area contributed by atoms with Crippen LogP contribution in [0.4, 0.5) is 0 Å². The number of aromatic nitrogens is 1. The van der Waals surface area contributed by atoms with Gasteiger partial charge in [-0.3, -0.25) is 0 Å². The minimum atomic E-state index is 0.883. The number of rotatable bonds is 3. The van der Waals surface area contributed by atoms with Crippen LogP contribution in [-0.4, -0.2) is 4.98 Å². The summed E-state index contributed by atoms with van der Waals surface area (Å²) >= 11 is 0. The molecule has 0 saturated carbocycles. The number of hydrogen-bond acceptors (Lipinski definition) is 0. The molecule has 0 fully saturated rings. The molecule has 10 heavy (non-hydrogen) atoms. The summed E-state index contributed by atoms with van der Waals surface area (Å²) in [6.07, 6.45) is 6.51. The molecule has 52 valence electrons. The van der Waals surface area contributed by atoms with E-state index in [1.54, 1.807) is 0 Å². The van der Waals surface area contributed by atoms with Crippen molar-refractivity contribution >= 4 is 6.08 Å². The van der Waals surface area contributed by atoms with E-state index >= 15 is 0 Å². The van der Waals surface area contributed by atoms with Gasteiger partial charge in [0.1, 0.15) is 0 Å². The highest BCUT2D eigenvalue weighted by atomic mass is 14.7. The molecule has 1 heteroatoms. The minimum absolute atomic E-state index is 0.883. The molecule has 1 heterocycles. The number of aromatic amines is 1. The smallest absolute Gasteiger partial charge is 0.0258 e. The fourth-order valence-corrected chi connectivity index (χ4v) is 0.928. The topological polar surface area (TPSA) is 15.8 Å². The lowest BCUT2D eigenvalue weighted by molar-refractivity contribution is 1.15. The van der Waals surface area contributed by atoms with Crippen molar-refractivity contribution in [2.75, 3.05) is 0 Å². The Morgan fingerprint density at radius 1 is 1.50 bits per heavy atom. The van der Waals surface area contributed by atoms with Crippen LogP contribution >= 0.6 is 0 Å². The fraction of sp³-hybridized carbons (Fsp3) is 0.111. The van der Waals surface area contributed by atoms with Gasteiger partial charge in [-0.05, 0) is 11.6 Å². The van der Waals surface area contributed by atoms with Crippen molar-refractivity contribution in [3.05, 3.63) is 42.8 Å². The number of nitrogens with one attached hydrogen (secondary N) is 1. The molecule has 0 aliphatic heterocycles. The average Bonchev–Trinajstić information content (AvgIpc) is 2.36. The summed E-state index contributed by atoms with van der Waals surface area (Å²) in [4.78, 5) is 3.12. The lowest BCUT2D eigenvalue weighted by Crippen LogP contribution is -1.81. The van der Waals surface area contributed by atoms with Gasteiger partial charge >= 0.3 is 0 Å². The fourth-order valence-electron chi connectivity index (χ4n) is 0.928. The summed E-state index contributed by atoms with van der Waals surface area (Å²) in [5.41, 5.74) is 2.35. The number of allylic oxidation sites excluding steroid dienone is 1. The van der Waals surface area contributed by atoms with E-state index in [1.165, 1.54) is 11.3 Å². The Hall–Kier alpha value is -1.24. The van der Waals surface area contributed by atoms with Gasteiger partial charge in [0.05, 0.1) is 0 Å². The summed E-state index contributed by atoms with van der Waals surface area (Å²) in [6.45, 7) is 7.35. The van der Waals surface area contributed by atoms with Crippen molar-refractivity contribution < 1.29 is 0 Å². The first-order valence-electron chi connectivity index (χ1n) is 3.28. The van der Waals surface area contributed by atoms with Crippen molar-refractivity contribution in [2.24, 2.45) is 0 Å². The molecule has 1 nitrogen and oxygen atoms in total. The van der Waals surface area contributed by atoms with E-state index in [-0.39, 0.29) is 0 Å². The van der Waals surface area contributed by atoms with Gasteiger partial charge in [-0.25, -0.2) is 0 Å². The maximum Gasteiger partial charge on any atom is 0.0258 e. The van der Waals surface area contributed by atoms with Gasteiger partial charge in [-0.15, -0.1) is 6.58 Å². The van der Waals surface area contributed by atoms with E-state index in [1.807, 2.05) is 24.4 Å². The summed E-state index contributed by atoms with van der Waals surface area (Å²) in [5, 5.41) is 0. The second-order valence-electron chi connectivity index (χ2n) is 2.11. The predicted molar refractivity (Wildman–Crippen MR) is 44.8 cm³/mol. The first-order chi connectivity index (χ1) is 4.88. The van der Waals surface area contributed by atoms with Crippen LogP contribution in [0.15, 0.2) is 31.5 Å². The van der Waals surface area contributed by atoms with Crippen LogP contribution in [0.1, 0.15) is 11.3 Å². The zero-order valence-corrected chi connectivity index (χ0v) is 5.93. The van der Waals surface area contributed by atoms with Gasteiger partial charge < -0.3 is 4.98 Å². The number of hydrogen-bond donors (Lipinski definition) is 1. The van der Waals surface area contributed by atoms with E-state index in [9.17, 15) is 0 Å². The maximum absolute atomic E-state index is 3.69. The minimum Gasteiger partial charge on any atom is -0.364 e. The van der Waals surface area contributed by atoms with Crippen molar-refractivity contribution in [3.63, 3.8) is 0 Å². The Kier molecular flexibility index (Phi) is 2.11. The zero-order chi connectivity index (χ0) is 7.40. The van der Waals surface area contributed by atoms with Crippen LogP contribution in [0.2, 0.25) is 0 Å². The van der Waals surface area contributed by atoms with Gasteiger partial charge in [0.25, 0.3) is 0 Å². The zero-order valence-electron chi connectivity index (χ0n) is 5.93. The lowest BCUT2D eigenvalue weighted by atomic mass is 10.2. The Bertz CT molecular complexity index is 233. The largest absolute Gasteiger partial charge is 0.364 e. The second-order valence-corrected chi connectivity index (χ2v) is 2.11. The molecule has 0 amide bonds. The first-order valence-corrected chi connectivity index (χ1v) is 3.28. The highest BCUT2D eigenvalue weighted by Crippen LogP contribution is 2.08. The Labute approximate surface area is 61.1 Å². The van der Waals surface area contributed by atoms with Crippen molar-refractivity contribution in [2.45, 2.75) is 6.42 Å². The molecule has 0 aliphatic carbocycles.